The molecule has 0 aliphatic carbocycles. The third-order valence-corrected chi connectivity index (χ3v) is 3.33. The first-order chi connectivity index (χ1) is 7.79. The lowest BCUT2D eigenvalue weighted by molar-refractivity contribution is 0.769. The van der Waals surface area contributed by atoms with E-state index in [1.54, 1.807) is 15.4 Å². The number of hydrogen-bond donors (Lipinski definition) is 0. The smallest absolute Gasteiger partial charge is 0.235 e. The molecule has 82 valence electrons. The second-order valence-electron chi connectivity index (χ2n) is 3.41. The topological polar surface area (TPSA) is 60.9 Å². The number of nitrogens with zero attached hydrogens (tertiary/aromatic N) is 6. The van der Waals surface area contributed by atoms with Crippen LogP contribution >= 0.6 is 11.3 Å². The van der Waals surface area contributed by atoms with Crippen LogP contribution in [0.15, 0.2) is 12.3 Å². The van der Waals surface area contributed by atoms with Gasteiger partial charge in [0.05, 0.1) is 5.69 Å². The Balaban J connectivity index is 2.19. The van der Waals surface area contributed by atoms with Crippen molar-refractivity contribution in [2.75, 3.05) is 0 Å². The monoisotopic (exact) mass is 234 g/mol. The lowest BCUT2D eigenvalue weighted by atomic mass is 10.4. The van der Waals surface area contributed by atoms with Crippen molar-refractivity contribution in [1.29, 1.82) is 0 Å². The van der Waals surface area contributed by atoms with Crippen molar-refractivity contribution < 1.29 is 0 Å². The van der Waals surface area contributed by atoms with Crippen LogP contribution in [0.4, 0.5) is 0 Å². The quantitative estimate of drug-likeness (QED) is 0.667. The third kappa shape index (κ3) is 1.25. The molecule has 0 unspecified atom stereocenters. The van der Waals surface area contributed by atoms with Crippen molar-refractivity contribution in [3.05, 3.63) is 18.1 Å². The molecule has 0 spiro atoms. The van der Waals surface area contributed by atoms with E-state index in [4.69, 9.17) is 0 Å². The zero-order chi connectivity index (χ0) is 11.1. The minimum Gasteiger partial charge on any atom is -0.265 e. The predicted molar refractivity (Wildman–Crippen MR) is 60.2 cm³/mol. The summed E-state index contributed by atoms with van der Waals surface area (Å²) in [5.41, 5.74) is 0.998. The van der Waals surface area contributed by atoms with Crippen molar-refractivity contribution in [3.63, 3.8) is 0 Å². The number of hydrogen-bond acceptors (Lipinski definition) is 5. The average Bonchev–Trinajstić information content (AvgIpc) is 2.90. The fourth-order valence-electron chi connectivity index (χ4n) is 1.57. The SMILES string of the molecule is CCc1nnc2sc(-c3ccnn3C)nn12. The molecule has 0 saturated heterocycles. The van der Waals surface area contributed by atoms with Crippen LogP contribution in [-0.4, -0.2) is 29.6 Å². The van der Waals surface area contributed by atoms with Gasteiger partial charge in [0.25, 0.3) is 0 Å². The normalized spacial score (nSPS) is 11.4. The first-order valence-corrected chi connectivity index (χ1v) is 5.80. The Morgan fingerprint density at radius 3 is 2.94 bits per heavy atom. The summed E-state index contributed by atoms with van der Waals surface area (Å²) in [5.74, 6) is 0.889. The lowest BCUT2D eigenvalue weighted by Crippen LogP contribution is -1.96. The van der Waals surface area contributed by atoms with Crippen molar-refractivity contribution in [1.82, 2.24) is 29.6 Å². The maximum absolute atomic E-state index is 4.50. The Bertz CT molecular complexity index is 633. The first kappa shape index (κ1) is 9.46. The van der Waals surface area contributed by atoms with Gasteiger partial charge in [-0.3, -0.25) is 4.68 Å². The summed E-state index contributed by atoms with van der Waals surface area (Å²) in [6, 6.07) is 1.94. The molecule has 6 nitrogen and oxygen atoms in total. The number of aromatic nitrogens is 6. The van der Waals surface area contributed by atoms with E-state index in [0.717, 1.165) is 27.9 Å². The van der Waals surface area contributed by atoms with Crippen LogP contribution in [0.5, 0.6) is 0 Å². The Kier molecular flexibility index (Phi) is 2.00. The Labute approximate surface area is 95.5 Å². The molecule has 0 aliphatic rings. The molecule has 3 rings (SSSR count). The first-order valence-electron chi connectivity index (χ1n) is 4.99. The van der Waals surface area contributed by atoms with Crippen LogP contribution in [-0.2, 0) is 13.5 Å². The van der Waals surface area contributed by atoms with E-state index in [2.05, 4.69) is 20.4 Å². The highest BCUT2D eigenvalue weighted by atomic mass is 32.1. The standard InChI is InChI=1S/C9H10N6S/c1-3-7-11-12-9-15(7)13-8(16-9)6-4-5-10-14(6)2/h4-5H,3H2,1-2H3. The molecule has 0 aliphatic heterocycles. The van der Waals surface area contributed by atoms with E-state index in [1.807, 2.05) is 20.0 Å². The summed E-state index contributed by atoms with van der Waals surface area (Å²) in [6.07, 6.45) is 2.59. The van der Waals surface area contributed by atoms with Crippen LogP contribution in [0.3, 0.4) is 0 Å². The third-order valence-electron chi connectivity index (χ3n) is 2.41. The van der Waals surface area contributed by atoms with E-state index in [-0.39, 0.29) is 0 Å². The zero-order valence-corrected chi connectivity index (χ0v) is 9.77. The molecular formula is C9H10N6S. The van der Waals surface area contributed by atoms with Crippen molar-refractivity contribution in [3.8, 4) is 10.7 Å². The van der Waals surface area contributed by atoms with Crippen LogP contribution in [0.25, 0.3) is 15.7 Å². The second-order valence-corrected chi connectivity index (χ2v) is 4.37. The van der Waals surface area contributed by atoms with Gasteiger partial charge < -0.3 is 0 Å². The van der Waals surface area contributed by atoms with Gasteiger partial charge in [-0.25, -0.2) is 0 Å². The van der Waals surface area contributed by atoms with Gasteiger partial charge in [-0.2, -0.15) is 14.7 Å². The number of fused-ring (bicyclic) bond motifs is 1. The van der Waals surface area contributed by atoms with Crippen LogP contribution in [0.1, 0.15) is 12.7 Å². The maximum Gasteiger partial charge on any atom is 0.235 e. The largest absolute Gasteiger partial charge is 0.265 e. The lowest BCUT2D eigenvalue weighted by Gasteiger charge is -1.94. The molecule has 0 saturated carbocycles. The fourth-order valence-corrected chi connectivity index (χ4v) is 2.48. The van der Waals surface area contributed by atoms with Crippen molar-refractivity contribution in [2.24, 2.45) is 7.05 Å². The summed E-state index contributed by atoms with van der Waals surface area (Å²) in [7, 11) is 1.90. The summed E-state index contributed by atoms with van der Waals surface area (Å²) in [6.45, 7) is 2.04. The van der Waals surface area contributed by atoms with Gasteiger partial charge in [0, 0.05) is 19.7 Å². The molecular weight excluding hydrogens is 224 g/mol. The van der Waals surface area contributed by atoms with Gasteiger partial charge in [-0.1, -0.05) is 18.3 Å². The van der Waals surface area contributed by atoms with Crippen molar-refractivity contribution >= 4 is 16.3 Å². The molecule has 0 fully saturated rings. The van der Waals surface area contributed by atoms with Crippen LogP contribution < -0.4 is 0 Å². The molecule has 16 heavy (non-hydrogen) atoms. The summed E-state index contributed by atoms with van der Waals surface area (Å²) in [5, 5.41) is 17.7. The van der Waals surface area contributed by atoms with E-state index in [0.29, 0.717) is 0 Å². The Morgan fingerprint density at radius 1 is 1.38 bits per heavy atom. The van der Waals surface area contributed by atoms with Gasteiger partial charge in [0.1, 0.15) is 0 Å². The molecule has 3 aromatic heterocycles. The minimum absolute atomic E-state index is 0.827. The Hall–Kier alpha value is -1.76. The predicted octanol–water partition coefficient (Wildman–Crippen LogP) is 1.15. The summed E-state index contributed by atoms with van der Waals surface area (Å²) < 4.78 is 3.60. The fraction of sp³-hybridized carbons (Fsp3) is 0.333. The Morgan fingerprint density at radius 2 is 2.25 bits per heavy atom. The summed E-state index contributed by atoms with van der Waals surface area (Å²) in [4.78, 5) is 0.827. The van der Waals surface area contributed by atoms with E-state index in [1.165, 1.54) is 11.3 Å². The minimum atomic E-state index is 0.827. The van der Waals surface area contributed by atoms with Gasteiger partial charge in [-0.15, -0.1) is 10.2 Å². The molecule has 3 aromatic rings. The highest BCUT2D eigenvalue weighted by Gasteiger charge is 2.13. The van der Waals surface area contributed by atoms with E-state index < -0.39 is 0 Å². The van der Waals surface area contributed by atoms with E-state index in [9.17, 15) is 0 Å². The average molecular weight is 234 g/mol. The highest BCUT2D eigenvalue weighted by molar-refractivity contribution is 7.19. The molecule has 0 bridgehead atoms. The second kappa shape index (κ2) is 3.38. The van der Waals surface area contributed by atoms with Gasteiger partial charge >= 0.3 is 0 Å². The highest BCUT2D eigenvalue weighted by Crippen LogP contribution is 2.24. The van der Waals surface area contributed by atoms with Gasteiger partial charge in [0.15, 0.2) is 10.8 Å². The van der Waals surface area contributed by atoms with Crippen LogP contribution in [0, 0.1) is 0 Å². The molecule has 3 heterocycles. The molecule has 0 N–H and O–H groups in total. The maximum atomic E-state index is 4.50. The van der Waals surface area contributed by atoms with E-state index >= 15 is 0 Å². The van der Waals surface area contributed by atoms with Crippen LogP contribution in [0.2, 0.25) is 0 Å². The molecule has 0 amide bonds. The van der Waals surface area contributed by atoms with Gasteiger partial charge in [0.2, 0.25) is 4.96 Å². The molecule has 0 radical (unpaired) electrons. The molecule has 7 heteroatoms. The summed E-state index contributed by atoms with van der Waals surface area (Å²) >= 11 is 1.52. The molecule has 0 aromatic carbocycles. The number of aryl methyl sites for hydroxylation is 2. The van der Waals surface area contributed by atoms with Gasteiger partial charge in [-0.05, 0) is 6.07 Å². The zero-order valence-electron chi connectivity index (χ0n) is 8.95. The number of rotatable bonds is 2. The molecule has 0 atom stereocenters. The van der Waals surface area contributed by atoms with Crippen molar-refractivity contribution in [2.45, 2.75) is 13.3 Å².